The zero-order valence-electron chi connectivity index (χ0n) is 60.2. The molecule has 0 bridgehead atoms. The Morgan fingerprint density at radius 3 is 0.413 bits per heavy atom. The zero-order chi connectivity index (χ0) is 81.3. The van der Waals surface area contributed by atoms with Gasteiger partial charge in [0.1, 0.15) is 77.3 Å². The molecule has 44 heteroatoms. The van der Waals surface area contributed by atoms with E-state index in [0.717, 1.165) is 0 Å². The molecule has 109 heavy (non-hydrogen) atoms. The Labute approximate surface area is 623 Å². The smallest absolute Gasteiger partial charge is 0.306 e. The van der Waals surface area contributed by atoms with Crippen LogP contribution in [0.15, 0.2) is 0 Å². The van der Waals surface area contributed by atoms with Gasteiger partial charge in [0.05, 0.1) is 240 Å². The fourth-order valence-corrected chi connectivity index (χ4v) is 7.69. The topological polar surface area (TPSA) is 620 Å². The third-order valence-electron chi connectivity index (χ3n) is 13.2. The van der Waals surface area contributed by atoms with Crippen LogP contribution in [0.25, 0.3) is 0 Å². The number of hydrogen-bond acceptors (Lipinski definition) is 36. The number of carboxylic acids is 8. The van der Waals surface area contributed by atoms with Crippen LogP contribution in [0.4, 0.5) is 0 Å². The van der Waals surface area contributed by atoms with Gasteiger partial charge in [-0.25, -0.2) is 0 Å². The molecule has 0 aromatic heterocycles. The summed E-state index contributed by atoms with van der Waals surface area (Å²) >= 11 is 0. The van der Waals surface area contributed by atoms with Crippen LogP contribution < -0.4 is 0 Å². The van der Waals surface area contributed by atoms with Crippen molar-refractivity contribution >= 4 is 95.5 Å². The first-order valence-electron chi connectivity index (χ1n) is 34.1. The second-order valence-electron chi connectivity index (χ2n) is 22.7. The predicted molar refractivity (Wildman–Crippen MR) is 351 cm³/mol. The number of ether oxygens (including phenoxy) is 20. The van der Waals surface area contributed by atoms with Crippen LogP contribution in [0.1, 0.15) is 103 Å². The summed E-state index contributed by atoms with van der Waals surface area (Å²) in [7, 11) is 0. The normalized spacial score (nSPS) is 11.3. The minimum Gasteiger partial charge on any atom is -0.481 e. The molecule has 0 aliphatic carbocycles. The molecule has 8 N–H and O–H groups in total. The average molecular weight is 1590 g/mol. The second-order valence-corrected chi connectivity index (χ2v) is 22.7. The third kappa shape index (κ3) is 65.8. The SMILES string of the molecule is O=C(O)CCC(=O)OCCOCC(COCCOC(=O)CCC(=O)O)OCC(COC(COCCOC(=O)CCC(=O)O)COCCOC(=O)CCC(=O)O)(COC(COCCOC(=O)CCC(=O)O)COCCOC(=O)CCC(=O)O)COC(COCCOC(=O)CCC(=O)O)COCCOC(=O)CCC(=O)O. The van der Waals surface area contributed by atoms with E-state index >= 15 is 0 Å². The number of aliphatic carboxylic acids is 8. The molecular formula is C65H100O44. The Balaban J connectivity index is 8.27. The van der Waals surface area contributed by atoms with Crippen molar-refractivity contribution in [3.63, 3.8) is 0 Å². The highest BCUT2D eigenvalue weighted by Crippen LogP contribution is 2.25. The Morgan fingerprint density at radius 2 is 0.303 bits per heavy atom. The fourth-order valence-electron chi connectivity index (χ4n) is 7.69. The van der Waals surface area contributed by atoms with E-state index in [2.05, 4.69) is 0 Å². The highest BCUT2D eigenvalue weighted by atomic mass is 16.6. The molecule has 0 aliphatic rings. The van der Waals surface area contributed by atoms with Crippen LogP contribution in [0.3, 0.4) is 0 Å². The predicted octanol–water partition coefficient (Wildman–Crippen LogP) is -1.09. The van der Waals surface area contributed by atoms with Gasteiger partial charge in [0.2, 0.25) is 0 Å². The lowest BCUT2D eigenvalue weighted by Gasteiger charge is -2.37. The van der Waals surface area contributed by atoms with Crippen molar-refractivity contribution in [3.8, 4) is 0 Å². The Hall–Kier alpha value is -8.96. The maximum Gasteiger partial charge on any atom is 0.306 e. The minimum absolute atomic E-state index is 0.333. The van der Waals surface area contributed by atoms with E-state index < -0.39 is 360 Å². The van der Waals surface area contributed by atoms with Crippen LogP contribution in [0.5, 0.6) is 0 Å². The van der Waals surface area contributed by atoms with Gasteiger partial charge >= 0.3 is 95.5 Å². The van der Waals surface area contributed by atoms with Crippen LogP contribution in [0.2, 0.25) is 0 Å². The van der Waals surface area contributed by atoms with E-state index in [1.165, 1.54) is 0 Å². The maximum absolute atomic E-state index is 12.3. The van der Waals surface area contributed by atoms with Crippen LogP contribution >= 0.6 is 0 Å². The summed E-state index contributed by atoms with van der Waals surface area (Å²) < 4.78 is 114. The lowest BCUT2D eigenvalue weighted by molar-refractivity contribution is -0.185. The molecule has 0 atom stereocenters. The van der Waals surface area contributed by atoms with Gasteiger partial charge in [-0.15, -0.1) is 0 Å². The van der Waals surface area contributed by atoms with Gasteiger partial charge in [-0.05, 0) is 0 Å². The molecule has 0 amide bonds. The molecule has 44 nitrogen and oxygen atoms in total. The number of carbonyl (C=O) groups is 16. The van der Waals surface area contributed by atoms with E-state index in [1.54, 1.807) is 0 Å². The fraction of sp³-hybridized carbons (Fsp3) is 0.754. The molecule has 0 unspecified atom stereocenters. The molecule has 0 aliphatic heterocycles. The van der Waals surface area contributed by atoms with Crippen molar-refractivity contribution in [2.45, 2.75) is 127 Å². The zero-order valence-corrected chi connectivity index (χ0v) is 60.2. The van der Waals surface area contributed by atoms with Crippen molar-refractivity contribution in [2.24, 2.45) is 5.41 Å². The molecule has 624 valence electrons. The number of hydrogen-bond donors (Lipinski definition) is 8. The van der Waals surface area contributed by atoms with Crippen molar-refractivity contribution < 1.29 is 212 Å². The molecule has 0 saturated heterocycles. The van der Waals surface area contributed by atoms with Gasteiger partial charge < -0.3 is 136 Å². The van der Waals surface area contributed by atoms with Gasteiger partial charge in [-0.3, -0.25) is 76.7 Å². The second kappa shape index (κ2) is 65.0. The molecule has 0 aromatic rings. The van der Waals surface area contributed by atoms with E-state index in [9.17, 15) is 76.7 Å². The molecule has 0 rings (SSSR count). The van der Waals surface area contributed by atoms with Crippen molar-refractivity contribution in [1.29, 1.82) is 0 Å². The molecule has 0 spiro atoms. The van der Waals surface area contributed by atoms with Crippen molar-refractivity contribution in [2.75, 3.05) is 185 Å². The largest absolute Gasteiger partial charge is 0.481 e. The number of carbonyl (C=O) groups excluding carboxylic acids is 8. The summed E-state index contributed by atoms with van der Waals surface area (Å²) in [6, 6.07) is 0. The van der Waals surface area contributed by atoms with Crippen molar-refractivity contribution in [1.82, 2.24) is 0 Å². The maximum atomic E-state index is 12.3. The van der Waals surface area contributed by atoms with Crippen molar-refractivity contribution in [3.05, 3.63) is 0 Å². The Bertz CT molecular complexity index is 2180. The van der Waals surface area contributed by atoms with Crippen LogP contribution in [0, 0.1) is 5.41 Å². The molecule has 0 saturated carbocycles. The quantitative estimate of drug-likeness (QED) is 0.0204. The summed E-state index contributed by atoms with van der Waals surface area (Å²) in [5.41, 5.74) is -1.79. The molecule has 0 fully saturated rings. The number of rotatable bonds is 76. The molecular weight excluding hydrogens is 1480 g/mol. The third-order valence-corrected chi connectivity index (χ3v) is 13.2. The van der Waals surface area contributed by atoms with E-state index in [0.29, 0.717) is 0 Å². The standard InChI is InChI=1S/C65H100O44/c66-49(67)1-9-57(82)98-25-17-90-33-45(34-91-18-26-99-58(83)10-2-50(68)69)106-41-65(42-107-46(35-92-19-27-100-59(84)11-3-51(70)71)36-93-20-28-101-60(85)12-4-52(72)73,43-108-47(37-94-21-29-102-61(86)13-5-53(74)75)38-95-22-30-103-62(87)14-6-54(76)77)44-109-48(39-96-23-31-104-63(88)15-7-55(78)79)40-97-24-32-105-64(89)16-8-56(80)81/h45-48H,1-44H2,(H,66,67)(H,68,69)(H,70,71)(H,72,73)(H,74,75)(H,76,77)(H,78,79)(H,80,81). The average Bonchev–Trinajstić information content (AvgIpc) is 0.844. The first-order valence-corrected chi connectivity index (χ1v) is 34.1. The highest BCUT2D eigenvalue weighted by molar-refractivity contribution is 5.80. The minimum atomic E-state index is -1.79. The van der Waals surface area contributed by atoms with E-state index in [4.69, 9.17) is 136 Å². The highest BCUT2D eigenvalue weighted by Gasteiger charge is 2.37. The van der Waals surface area contributed by atoms with Gasteiger partial charge in [0, 0.05) is 0 Å². The number of esters is 8. The molecule has 0 heterocycles. The van der Waals surface area contributed by atoms with E-state index in [-0.39, 0.29) is 52.9 Å². The summed E-state index contributed by atoms with van der Waals surface area (Å²) in [6.45, 7) is -11.7. The Morgan fingerprint density at radius 1 is 0.183 bits per heavy atom. The van der Waals surface area contributed by atoms with Gasteiger partial charge in [-0.1, -0.05) is 0 Å². The summed E-state index contributed by atoms with van der Waals surface area (Å²) in [5, 5.41) is 72.3. The number of carboxylic acid groups (broad SMARTS) is 8. The van der Waals surface area contributed by atoms with Gasteiger partial charge in [-0.2, -0.15) is 0 Å². The lowest BCUT2D eigenvalue weighted by atomic mass is 9.91. The monoisotopic (exact) mass is 1580 g/mol. The van der Waals surface area contributed by atoms with Gasteiger partial charge in [0.15, 0.2) is 0 Å². The Kier molecular flexibility index (Phi) is 59.6. The molecule has 0 aromatic carbocycles. The van der Waals surface area contributed by atoms with Crippen LogP contribution in [-0.2, 0) is 171 Å². The lowest BCUT2D eigenvalue weighted by Crippen LogP contribution is -2.48. The summed E-state index contributed by atoms with van der Waals surface area (Å²) in [4.78, 5) is 187. The first kappa shape index (κ1) is 100. The van der Waals surface area contributed by atoms with Gasteiger partial charge in [0.25, 0.3) is 0 Å². The van der Waals surface area contributed by atoms with E-state index in [1.807, 2.05) is 0 Å². The first-order chi connectivity index (χ1) is 52.0. The molecule has 0 radical (unpaired) electrons. The van der Waals surface area contributed by atoms with Crippen LogP contribution in [-0.4, -0.2) is 346 Å². The summed E-state index contributed by atoms with van der Waals surface area (Å²) in [5.74, 6) is -17.2. The summed E-state index contributed by atoms with van der Waals surface area (Å²) in [6.07, 6.45) is -13.1.